The highest BCUT2D eigenvalue weighted by Gasteiger charge is 2.44. The summed E-state index contributed by atoms with van der Waals surface area (Å²) in [5, 5.41) is 22.4. The molecule has 2 heterocycles. The Morgan fingerprint density at radius 3 is 2.41 bits per heavy atom. The molecule has 0 amide bonds. The van der Waals surface area contributed by atoms with Crippen molar-refractivity contribution in [3.8, 4) is 0 Å². The van der Waals surface area contributed by atoms with E-state index in [0.717, 1.165) is 10.2 Å². The maximum absolute atomic E-state index is 13.0. The van der Waals surface area contributed by atoms with Crippen LogP contribution in [0.1, 0.15) is 28.7 Å². The molecule has 0 saturated heterocycles. The van der Waals surface area contributed by atoms with Crippen LogP contribution in [0.4, 0.5) is 18.9 Å². The van der Waals surface area contributed by atoms with Crippen molar-refractivity contribution in [1.29, 1.82) is 0 Å². The van der Waals surface area contributed by atoms with E-state index in [1.54, 1.807) is 24.3 Å². The summed E-state index contributed by atoms with van der Waals surface area (Å²) in [4.78, 5) is 9.87. The molecule has 1 aromatic carbocycles. The third kappa shape index (κ3) is 4.08. The number of benzene rings is 1. The Bertz CT molecular complexity index is 982. The fourth-order valence-corrected chi connectivity index (χ4v) is 2.55. The van der Waals surface area contributed by atoms with Crippen LogP contribution in [-0.2, 0) is 19.1 Å². The molecule has 142 valence electrons. The Labute approximate surface area is 154 Å². The summed E-state index contributed by atoms with van der Waals surface area (Å²) >= 11 is 5.80. The molecule has 0 unspecified atom stereocenters. The summed E-state index contributed by atoms with van der Waals surface area (Å²) in [6, 6.07) is 6.92. The van der Waals surface area contributed by atoms with Crippen molar-refractivity contribution in [3.63, 3.8) is 0 Å². The molecule has 0 saturated carbocycles. The highest BCUT2D eigenvalue weighted by Crippen LogP contribution is 2.37. The van der Waals surface area contributed by atoms with Crippen LogP contribution < -0.4 is 0 Å². The first kappa shape index (κ1) is 18.8. The van der Waals surface area contributed by atoms with Crippen molar-refractivity contribution in [3.05, 3.63) is 68.1 Å². The summed E-state index contributed by atoms with van der Waals surface area (Å²) in [5.74, 6) is 0.218. The smallest absolute Gasteiger partial charge is 0.423 e. The van der Waals surface area contributed by atoms with Crippen molar-refractivity contribution in [1.82, 2.24) is 20.0 Å². The van der Waals surface area contributed by atoms with E-state index in [4.69, 9.17) is 16.0 Å². The minimum absolute atomic E-state index is 0.0202. The predicted molar refractivity (Wildman–Crippen MR) is 86.3 cm³/mol. The zero-order chi connectivity index (χ0) is 19.8. The van der Waals surface area contributed by atoms with E-state index in [1.807, 2.05) is 0 Å². The standard InChI is InChI=1S/C15H11ClF3N5O3/c1-8-13(24(25)26)14(15(17,18)19)22-23(8)7-12-21-20-11(27-12)6-9-2-4-10(16)5-3-9/h2-5H,6-7H2,1H3. The molecule has 0 radical (unpaired) electrons. The van der Waals surface area contributed by atoms with Crippen LogP contribution in [0.2, 0.25) is 5.02 Å². The van der Waals surface area contributed by atoms with Gasteiger partial charge in [-0.3, -0.25) is 14.8 Å². The molecule has 0 aliphatic carbocycles. The minimum atomic E-state index is -4.95. The van der Waals surface area contributed by atoms with Crippen molar-refractivity contribution in [2.75, 3.05) is 0 Å². The number of halogens is 4. The maximum Gasteiger partial charge on any atom is 0.442 e. The minimum Gasteiger partial charge on any atom is -0.423 e. The van der Waals surface area contributed by atoms with Gasteiger partial charge >= 0.3 is 11.9 Å². The van der Waals surface area contributed by atoms with E-state index in [0.29, 0.717) is 11.4 Å². The summed E-state index contributed by atoms with van der Waals surface area (Å²) in [6.07, 6.45) is -4.65. The van der Waals surface area contributed by atoms with Crippen molar-refractivity contribution >= 4 is 17.3 Å². The van der Waals surface area contributed by atoms with Crippen molar-refractivity contribution in [2.24, 2.45) is 0 Å². The van der Waals surface area contributed by atoms with Gasteiger partial charge < -0.3 is 4.42 Å². The average molecular weight is 402 g/mol. The molecule has 0 aliphatic heterocycles. The maximum atomic E-state index is 13.0. The highest BCUT2D eigenvalue weighted by atomic mass is 35.5. The average Bonchev–Trinajstić information content (AvgIpc) is 3.14. The van der Waals surface area contributed by atoms with Crippen LogP contribution in [0.15, 0.2) is 28.7 Å². The van der Waals surface area contributed by atoms with Crippen LogP contribution >= 0.6 is 11.6 Å². The van der Waals surface area contributed by atoms with Gasteiger partial charge in [0, 0.05) is 5.02 Å². The number of nitro groups is 1. The van der Waals surface area contributed by atoms with Crippen LogP contribution in [0.5, 0.6) is 0 Å². The molecule has 3 aromatic rings. The molecular formula is C15H11ClF3N5O3. The predicted octanol–water partition coefficient (Wildman–Crippen LogP) is 3.79. The summed E-state index contributed by atoms with van der Waals surface area (Å²) < 4.78 is 45.1. The number of aromatic nitrogens is 4. The molecular weight excluding hydrogens is 391 g/mol. The van der Waals surface area contributed by atoms with Crippen LogP contribution in [0, 0.1) is 17.0 Å². The van der Waals surface area contributed by atoms with Gasteiger partial charge in [0.2, 0.25) is 17.5 Å². The third-order valence-corrected chi connectivity index (χ3v) is 3.94. The van der Waals surface area contributed by atoms with E-state index >= 15 is 0 Å². The lowest BCUT2D eigenvalue weighted by molar-refractivity contribution is -0.388. The fraction of sp³-hybridized carbons (Fsp3) is 0.267. The number of hydrogen-bond donors (Lipinski definition) is 0. The topological polar surface area (TPSA) is 99.9 Å². The van der Waals surface area contributed by atoms with Gasteiger partial charge in [-0.05, 0) is 24.6 Å². The second-order valence-electron chi connectivity index (χ2n) is 5.59. The lowest BCUT2D eigenvalue weighted by Crippen LogP contribution is -2.10. The first-order valence-corrected chi connectivity index (χ1v) is 7.87. The van der Waals surface area contributed by atoms with Gasteiger partial charge in [0.05, 0.1) is 11.3 Å². The van der Waals surface area contributed by atoms with Gasteiger partial charge in [0.1, 0.15) is 12.2 Å². The monoisotopic (exact) mass is 401 g/mol. The summed E-state index contributed by atoms with van der Waals surface area (Å²) in [5.41, 5.74) is -2.07. The van der Waals surface area contributed by atoms with Gasteiger partial charge in [0.25, 0.3) is 0 Å². The molecule has 27 heavy (non-hydrogen) atoms. The Morgan fingerprint density at radius 2 is 1.85 bits per heavy atom. The molecule has 2 aromatic heterocycles. The number of nitrogens with zero attached hydrogens (tertiary/aromatic N) is 5. The van der Waals surface area contributed by atoms with Gasteiger partial charge in [-0.25, -0.2) is 0 Å². The molecule has 0 fully saturated rings. The Kier molecular flexibility index (Phi) is 4.87. The molecule has 8 nitrogen and oxygen atoms in total. The lowest BCUT2D eigenvalue weighted by Gasteiger charge is -2.00. The first-order chi connectivity index (χ1) is 12.6. The fourth-order valence-electron chi connectivity index (χ4n) is 2.43. The number of alkyl halides is 3. The third-order valence-electron chi connectivity index (χ3n) is 3.69. The summed E-state index contributed by atoms with van der Waals surface area (Å²) in [7, 11) is 0. The Morgan fingerprint density at radius 1 is 1.22 bits per heavy atom. The van der Waals surface area contributed by atoms with Crippen LogP contribution in [-0.4, -0.2) is 24.9 Å². The second kappa shape index (κ2) is 6.99. The van der Waals surface area contributed by atoms with E-state index in [-0.39, 0.29) is 24.0 Å². The molecule has 0 N–H and O–H groups in total. The van der Waals surface area contributed by atoms with E-state index < -0.39 is 22.5 Å². The highest BCUT2D eigenvalue weighted by molar-refractivity contribution is 6.30. The van der Waals surface area contributed by atoms with Gasteiger partial charge in [-0.1, -0.05) is 23.7 Å². The molecule has 0 atom stereocenters. The lowest BCUT2D eigenvalue weighted by atomic mass is 10.1. The molecule has 3 rings (SSSR count). The van der Waals surface area contributed by atoms with Gasteiger partial charge in [-0.15, -0.1) is 10.2 Å². The quantitative estimate of drug-likeness (QED) is 0.476. The molecule has 0 spiro atoms. The second-order valence-corrected chi connectivity index (χ2v) is 6.02. The SMILES string of the molecule is Cc1c([N+](=O)[O-])c(C(F)(F)F)nn1Cc1nnc(Cc2ccc(Cl)cc2)o1. The number of hydrogen-bond acceptors (Lipinski definition) is 6. The normalized spacial score (nSPS) is 11.7. The first-order valence-electron chi connectivity index (χ1n) is 7.50. The Balaban J connectivity index is 1.83. The molecule has 0 bridgehead atoms. The van der Waals surface area contributed by atoms with Crippen LogP contribution in [0.3, 0.4) is 0 Å². The molecule has 12 heteroatoms. The van der Waals surface area contributed by atoms with E-state index in [1.165, 1.54) is 6.92 Å². The van der Waals surface area contributed by atoms with Crippen molar-refractivity contribution < 1.29 is 22.5 Å². The van der Waals surface area contributed by atoms with E-state index in [2.05, 4.69) is 15.3 Å². The van der Waals surface area contributed by atoms with Crippen LogP contribution in [0.25, 0.3) is 0 Å². The van der Waals surface area contributed by atoms with E-state index in [9.17, 15) is 23.3 Å². The zero-order valence-electron chi connectivity index (χ0n) is 13.7. The van der Waals surface area contributed by atoms with Gasteiger partial charge in [0.15, 0.2) is 0 Å². The van der Waals surface area contributed by atoms with Gasteiger partial charge in [-0.2, -0.15) is 18.3 Å². The van der Waals surface area contributed by atoms with Crippen molar-refractivity contribution in [2.45, 2.75) is 26.1 Å². The largest absolute Gasteiger partial charge is 0.442 e. The zero-order valence-corrected chi connectivity index (χ0v) is 14.5. The summed E-state index contributed by atoms with van der Waals surface area (Å²) in [6.45, 7) is 0.849. The molecule has 0 aliphatic rings. The number of rotatable bonds is 5. The Hall–Kier alpha value is -2.95.